The van der Waals surface area contributed by atoms with Crippen LogP contribution in [0.25, 0.3) is 0 Å². The molecule has 1 aromatic carbocycles. The molecule has 92 valence electrons. The number of nitrogens with two attached hydrogens (primary N) is 1. The third-order valence-corrected chi connectivity index (χ3v) is 2.59. The van der Waals surface area contributed by atoms with Crippen LogP contribution in [0.3, 0.4) is 0 Å². The van der Waals surface area contributed by atoms with E-state index >= 15 is 0 Å². The van der Waals surface area contributed by atoms with Gasteiger partial charge in [-0.15, -0.1) is 0 Å². The van der Waals surface area contributed by atoms with E-state index in [-0.39, 0.29) is 18.4 Å². The van der Waals surface area contributed by atoms with Gasteiger partial charge in [0.15, 0.2) is 0 Å². The highest BCUT2D eigenvalue weighted by molar-refractivity contribution is 5.89. The average Bonchev–Trinajstić information content (AvgIpc) is 2.26. The maximum absolute atomic E-state index is 10.9. The van der Waals surface area contributed by atoms with Gasteiger partial charge in [0.25, 0.3) is 0 Å². The Morgan fingerprint density at radius 2 is 2.00 bits per heavy atom. The molecule has 1 rings (SSSR count). The molecule has 5 heteroatoms. The van der Waals surface area contributed by atoms with Crippen molar-refractivity contribution >= 4 is 11.9 Å². The number of aliphatic carboxylic acids is 1. The first kappa shape index (κ1) is 13.2. The predicted octanol–water partition coefficient (Wildman–Crippen LogP) is 1.56. The van der Waals surface area contributed by atoms with Gasteiger partial charge in [0.05, 0.1) is 5.56 Å². The fraction of sp³-hybridized carbons (Fsp3) is 0.333. The summed E-state index contributed by atoms with van der Waals surface area (Å²) in [5, 5.41) is 17.5. The van der Waals surface area contributed by atoms with Crippen molar-refractivity contribution in [2.45, 2.75) is 25.8 Å². The summed E-state index contributed by atoms with van der Waals surface area (Å²) in [5.41, 5.74) is 7.31. The molecule has 5 nitrogen and oxygen atoms in total. The fourth-order valence-electron chi connectivity index (χ4n) is 1.55. The summed E-state index contributed by atoms with van der Waals surface area (Å²) in [6, 6.07) is 4.46. The van der Waals surface area contributed by atoms with Crippen molar-refractivity contribution in [1.29, 1.82) is 0 Å². The third kappa shape index (κ3) is 3.57. The predicted molar refractivity (Wildman–Crippen MR) is 61.9 cm³/mol. The summed E-state index contributed by atoms with van der Waals surface area (Å²) < 4.78 is 0. The third-order valence-electron chi connectivity index (χ3n) is 2.59. The van der Waals surface area contributed by atoms with Crippen LogP contribution >= 0.6 is 0 Å². The minimum atomic E-state index is -1.00. The Morgan fingerprint density at radius 3 is 2.53 bits per heavy atom. The van der Waals surface area contributed by atoms with E-state index in [4.69, 9.17) is 15.9 Å². The summed E-state index contributed by atoms with van der Waals surface area (Å²) in [6.45, 7) is 1.70. The summed E-state index contributed by atoms with van der Waals surface area (Å²) in [6.07, 6.45) is 0.259. The number of hydrogen-bond donors (Lipinski definition) is 3. The molecule has 0 amide bonds. The largest absolute Gasteiger partial charge is 0.481 e. The van der Waals surface area contributed by atoms with Gasteiger partial charge < -0.3 is 15.9 Å². The van der Waals surface area contributed by atoms with Crippen LogP contribution in [-0.4, -0.2) is 22.2 Å². The van der Waals surface area contributed by atoms with Gasteiger partial charge in [-0.25, -0.2) is 4.79 Å². The van der Waals surface area contributed by atoms with Crippen molar-refractivity contribution in [2.24, 2.45) is 5.73 Å². The van der Waals surface area contributed by atoms with E-state index < -0.39 is 18.0 Å². The lowest BCUT2D eigenvalue weighted by Crippen LogP contribution is -2.13. The van der Waals surface area contributed by atoms with Crippen LogP contribution in [0, 0.1) is 6.92 Å². The fourth-order valence-corrected chi connectivity index (χ4v) is 1.55. The molecule has 0 fully saturated rings. The van der Waals surface area contributed by atoms with Gasteiger partial charge in [0, 0.05) is 12.5 Å². The number of benzene rings is 1. The van der Waals surface area contributed by atoms with Gasteiger partial charge in [-0.2, -0.15) is 0 Å². The van der Waals surface area contributed by atoms with E-state index in [0.717, 1.165) is 0 Å². The lowest BCUT2D eigenvalue weighted by atomic mass is 9.98. The van der Waals surface area contributed by atoms with Crippen LogP contribution in [0.5, 0.6) is 0 Å². The molecule has 0 saturated heterocycles. The zero-order valence-corrected chi connectivity index (χ0v) is 9.51. The van der Waals surface area contributed by atoms with E-state index in [1.807, 2.05) is 0 Å². The monoisotopic (exact) mass is 237 g/mol. The summed E-state index contributed by atoms with van der Waals surface area (Å²) in [5.74, 6) is -1.92. The zero-order chi connectivity index (χ0) is 13.0. The second-order valence-electron chi connectivity index (χ2n) is 3.92. The molecule has 0 aliphatic heterocycles. The molecule has 0 bridgehead atoms. The van der Waals surface area contributed by atoms with Crippen LogP contribution in [0.4, 0.5) is 0 Å². The molecule has 0 saturated carbocycles. The Kier molecular flexibility index (Phi) is 4.23. The lowest BCUT2D eigenvalue weighted by molar-refractivity contribution is -0.137. The SMILES string of the molecule is Cc1ccc(C(N)CCC(=O)O)cc1C(=O)O. The number of hydrogen-bond acceptors (Lipinski definition) is 3. The maximum atomic E-state index is 10.9. The maximum Gasteiger partial charge on any atom is 0.335 e. The Balaban J connectivity index is 2.87. The normalized spacial score (nSPS) is 12.1. The molecule has 1 atom stereocenters. The summed E-state index contributed by atoms with van der Waals surface area (Å²) in [7, 11) is 0. The summed E-state index contributed by atoms with van der Waals surface area (Å²) >= 11 is 0. The van der Waals surface area contributed by atoms with Crippen molar-refractivity contribution in [3.05, 3.63) is 34.9 Å². The van der Waals surface area contributed by atoms with Crippen LogP contribution in [0.1, 0.15) is 40.4 Å². The molecule has 0 spiro atoms. The Morgan fingerprint density at radius 1 is 1.35 bits per heavy atom. The minimum absolute atomic E-state index is 0.0303. The number of rotatable bonds is 5. The number of carboxylic acids is 2. The molecule has 4 N–H and O–H groups in total. The number of aromatic carboxylic acids is 1. The van der Waals surface area contributed by atoms with Crippen molar-refractivity contribution in [1.82, 2.24) is 0 Å². The molecule has 0 aliphatic carbocycles. The first-order chi connectivity index (χ1) is 7.91. The Bertz CT molecular complexity index is 442. The average molecular weight is 237 g/mol. The molecule has 0 aromatic heterocycles. The van der Waals surface area contributed by atoms with Crippen LogP contribution in [-0.2, 0) is 4.79 Å². The number of carbonyl (C=O) groups is 2. The highest BCUT2D eigenvalue weighted by Gasteiger charge is 2.13. The molecular formula is C12H15NO4. The molecule has 0 heterocycles. The topological polar surface area (TPSA) is 101 Å². The first-order valence-electron chi connectivity index (χ1n) is 5.23. The Labute approximate surface area is 98.9 Å². The van der Waals surface area contributed by atoms with Gasteiger partial charge in [-0.1, -0.05) is 12.1 Å². The van der Waals surface area contributed by atoms with E-state index in [1.54, 1.807) is 19.1 Å². The molecule has 1 aromatic rings. The van der Waals surface area contributed by atoms with E-state index in [1.165, 1.54) is 6.07 Å². The molecule has 0 aliphatic rings. The quantitative estimate of drug-likeness (QED) is 0.721. The van der Waals surface area contributed by atoms with Crippen LogP contribution in [0.2, 0.25) is 0 Å². The highest BCUT2D eigenvalue weighted by atomic mass is 16.4. The second kappa shape index (κ2) is 5.45. The second-order valence-corrected chi connectivity index (χ2v) is 3.92. The standard InChI is InChI=1S/C12H15NO4/c1-7-2-3-8(6-9(7)12(16)17)10(13)4-5-11(14)15/h2-3,6,10H,4-5,13H2,1H3,(H,14,15)(H,16,17). The summed E-state index contributed by atoms with van der Waals surface area (Å²) in [4.78, 5) is 21.3. The van der Waals surface area contributed by atoms with Gasteiger partial charge in [0.1, 0.15) is 0 Å². The van der Waals surface area contributed by atoms with Crippen molar-refractivity contribution < 1.29 is 19.8 Å². The molecule has 1 unspecified atom stereocenters. The smallest absolute Gasteiger partial charge is 0.335 e. The molecular weight excluding hydrogens is 222 g/mol. The highest BCUT2D eigenvalue weighted by Crippen LogP contribution is 2.19. The van der Waals surface area contributed by atoms with Gasteiger partial charge in [0.2, 0.25) is 0 Å². The van der Waals surface area contributed by atoms with Crippen LogP contribution < -0.4 is 5.73 Å². The molecule has 0 radical (unpaired) electrons. The molecule has 17 heavy (non-hydrogen) atoms. The zero-order valence-electron chi connectivity index (χ0n) is 9.51. The van der Waals surface area contributed by atoms with Crippen molar-refractivity contribution in [3.63, 3.8) is 0 Å². The van der Waals surface area contributed by atoms with Crippen molar-refractivity contribution in [2.75, 3.05) is 0 Å². The van der Waals surface area contributed by atoms with E-state index in [0.29, 0.717) is 11.1 Å². The first-order valence-corrected chi connectivity index (χ1v) is 5.23. The van der Waals surface area contributed by atoms with Crippen LogP contribution in [0.15, 0.2) is 18.2 Å². The van der Waals surface area contributed by atoms with Gasteiger partial charge >= 0.3 is 11.9 Å². The minimum Gasteiger partial charge on any atom is -0.481 e. The van der Waals surface area contributed by atoms with Crippen molar-refractivity contribution in [3.8, 4) is 0 Å². The van der Waals surface area contributed by atoms with Gasteiger partial charge in [-0.3, -0.25) is 4.79 Å². The van der Waals surface area contributed by atoms with E-state index in [9.17, 15) is 9.59 Å². The number of carboxylic acid groups (broad SMARTS) is 2. The van der Waals surface area contributed by atoms with E-state index in [2.05, 4.69) is 0 Å². The number of aryl methyl sites for hydroxylation is 1. The van der Waals surface area contributed by atoms with Gasteiger partial charge in [-0.05, 0) is 30.5 Å². The lowest BCUT2D eigenvalue weighted by Gasteiger charge is -2.12. The Hall–Kier alpha value is -1.88.